The van der Waals surface area contributed by atoms with Gasteiger partial charge in [0.15, 0.2) is 10.6 Å². The van der Waals surface area contributed by atoms with Crippen LogP contribution in [0.15, 0.2) is 77.1 Å². The Labute approximate surface area is 278 Å². The number of aliphatic hydroxyl groups is 1. The van der Waals surface area contributed by atoms with E-state index in [0.717, 1.165) is 36.8 Å². The highest BCUT2D eigenvalue weighted by Gasteiger charge is 2.47. The van der Waals surface area contributed by atoms with Crippen molar-refractivity contribution in [3.05, 3.63) is 95.1 Å². The predicted octanol–water partition coefficient (Wildman–Crippen LogP) is 6.54. The quantitative estimate of drug-likeness (QED) is 0.193. The number of thioether (sulfide) groups is 1. The topological polar surface area (TPSA) is 101 Å². The number of nitrogens with zero attached hydrogens (tertiary/aromatic N) is 2. The fraction of sp³-hybridized carbons (Fsp3) is 0.382. The second-order valence-corrected chi connectivity index (χ2v) is 14.0. The summed E-state index contributed by atoms with van der Waals surface area (Å²) in [6.07, 6.45) is -5.64. The van der Waals surface area contributed by atoms with Crippen LogP contribution in [0, 0.1) is 5.92 Å². The number of thiazole rings is 1. The van der Waals surface area contributed by atoms with E-state index in [4.69, 9.17) is 14.5 Å². The van der Waals surface area contributed by atoms with Crippen LogP contribution >= 0.6 is 23.1 Å². The van der Waals surface area contributed by atoms with Gasteiger partial charge in [0.2, 0.25) is 5.91 Å². The fourth-order valence-corrected chi connectivity index (χ4v) is 8.18. The average molecular weight is 686 g/mol. The van der Waals surface area contributed by atoms with E-state index in [-0.39, 0.29) is 44.2 Å². The fourth-order valence-electron chi connectivity index (χ4n) is 5.92. The molecule has 47 heavy (non-hydrogen) atoms. The highest BCUT2D eigenvalue weighted by atomic mass is 32.2. The standard InChI is InChI=1S/C34H34F3N3O5S2/c1-20-27(19-46-33-39-25-5-2-3-7-28(25)47-33)44-31(45-29(20)23-12-10-22(18-41)11-13-23)24-14-8-21(9-15-24)17-38-30(42)26-6-4-16-40(26)32(43)34(35,36)37/h2-3,5,7-15,20,26-27,29,31,41H,4,6,16-19H2,1H3,(H,38,42)/t20-,26+,27+,29+,31+/m1/s1. The monoisotopic (exact) mass is 685 g/mol. The Kier molecular flexibility index (Phi) is 10.2. The van der Waals surface area contributed by atoms with E-state index in [0.29, 0.717) is 17.1 Å². The van der Waals surface area contributed by atoms with Gasteiger partial charge in [-0.15, -0.1) is 11.3 Å². The molecule has 1 aromatic heterocycles. The maximum atomic E-state index is 13.0. The molecule has 2 N–H and O–H groups in total. The van der Waals surface area contributed by atoms with Crippen LogP contribution in [0.25, 0.3) is 10.2 Å². The lowest BCUT2D eigenvalue weighted by Gasteiger charge is -2.41. The molecule has 248 valence electrons. The van der Waals surface area contributed by atoms with Gasteiger partial charge in [0.1, 0.15) is 6.04 Å². The van der Waals surface area contributed by atoms with Crippen LogP contribution in [-0.4, -0.2) is 57.4 Å². The van der Waals surface area contributed by atoms with Crippen LogP contribution in [0.3, 0.4) is 0 Å². The number of alkyl halides is 3. The van der Waals surface area contributed by atoms with E-state index < -0.39 is 30.3 Å². The highest BCUT2D eigenvalue weighted by Crippen LogP contribution is 2.43. The smallest absolute Gasteiger partial charge is 0.392 e. The summed E-state index contributed by atoms with van der Waals surface area (Å²) in [5, 5.41) is 12.2. The molecule has 5 atom stereocenters. The summed E-state index contributed by atoms with van der Waals surface area (Å²) in [5.41, 5.74) is 4.26. The molecule has 6 rings (SSSR count). The Hall–Kier alpha value is -3.49. The van der Waals surface area contributed by atoms with Crippen LogP contribution in [0.5, 0.6) is 0 Å². The van der Waals surface area contributed by atoms with Crippen LogP contribution in [-0.2, 0) is 32.2 Å². The van der Waals surface area contributed by atoms with Crippen molar-refractivity contribution in [2.75, 3.05) is 12.3 Å². The first-order valence-corrected chi connectivity index (χ1v) is 17.1. The Morgan fingerprint density at radius 2 is 1.72 bits per heavy atom. The molecular weight excluding hydrogens is 652 g/mol. The van der Waals surface area contributed by atoms with E-state index in [1.807, 2.05) is 66.7 Å². The van der Waals surface area contributed by atoms with Gasteiger partial charge in [0.05, 0.1) is 29.0 Å². The molecule has 0 bridgehead atoms. The third kappa shape index (κ3) is 7.65. The van der Waals surface area contributed by atoms with Crippen molar-refractivity contribution in [1.82, 2.24) is 15.2 Å². The first kappa shape index (κ1) is 33.4. The molecule has 2 aliphatic rings. The maximum Gasteiger partial charge on any atom is 0.471 e. The van der Waals surface area contributed by atoms with Gasteiger partial charge in [0, 0.05) is 30.3 Å². The number of likely N-dealkylation sites (tertiary alicyclic amines) is 1. The van der Waals surface area contributed by atoms with Crippen molar-refractivity contribution in [2.24, 2.45) is 5.92 Å². The number of benzene rings is 3. The molecule has 0 aliphatic carbocycles. The molecule has 13 heteroatoms. The number of amides is 2. The van der Waals surface area contributed by atoms with Crippen molar-refractivity contribution in [2.45, 2.75) is 68.0 Å². The van der Waals surface area contributed by atoms with Gasteiger partial charge in [-0.2, -0.15) is 13.2 Å². The van der Waals surface area contributed by atoms with Gasteiger partial charge in [-0.1, -0.05) is 79.3 Å². The van der Waals surface area contributed by atoms with Gasteiger partial charge < -0.3 is 24.8 Å². The van der Waals surface area contributed by atoms with Crippen LogP contribution in [0.2, 0.25) is 0 Å². The van der Waals surface area contributed by atoms with E-state index in [1.54, 1.807) is 23.1 Å². The number of aliphatic hydroxyl groups excluding tert-OH is 1. The zero-order valence-corrected chi connectivity index (χ0v) is 27.1. The van der Waals surface area contributed by atoms with Gasteiger partial charge >= 0.3 is 12.1 Å². The van der Waals surface area contributed by atoms with Crippen LogP contribution in [0.4, 0.5) is 13.2 Å². The molecule has 4 aromatic rings. The number of hydrogen-bond donors (Lipinski definition) is 2. The zero-order valence-electron chi connectivity index (χ0n) is 25.5. The lowest BCUT2D eigenvalue weighted by atomic mass is 9.91. The number of hydrogen-bond acceptors (Lipinski definition) is 8. The number of aromatic nitrogens is 1. The number of para-hydroxylation sites is 1. The Bertz CT molecular complexity index is 1670. The van der Waals surface area contributed by atoms with Gasteiger partial charge in [0.25, 0.3) is 0 Å². The average Bonchev–Trinajstić information content (AvgIpc) is 3.74. The number of halogens is 3. The summed E-state index contributed by atoms with van der Waals surface area (Å²) in [7, 11) is 0. The summed E-state index contributed by atoms with van der Waals surface area (Å²) in [6, 6.07) is 21.9. The van der Waals surface area contributed by atoms with E-state index in [2.05, 4.69) is 18.3 Å². The van der Waals surface area contributed by atoms with E-state index >= 15 is 0 Å². The minimum atomic E-state index is -5.02. The lowest BCUT2D eigenvalue weighted by Crippen LogP contribution is -2.50. The molecule has 3 heterocycles. The second-order valence-electron chi connectivity index (χ2n) is 11.7. The molecule has 2 amide bonds. The highest BCUT2D eigenvalue weighted by molar-refractivity contribution is 8.01. The first-order valence-electron chi connectivity index (χ1n) is 15.3. The van der Waals surface area contributed by atoms with Crippen molar-refractivity contribution >= 4 is 45.1 Å². The van der Waals surface area contributed by atoms with Crippen LogP contribution < -0.4 is 5.32 Å². The van der Waals surface area contributed by atoms with Crippen molar-refractivity contribution < 1.29 is 37.3 Å². The molecule has 8 nitrogen and oxygen atoms in total. The second kappa shape index (κ2) is 14.3. The van der Waals surface area contributed by atoms with E-state index in [9.17, 15) is 27.9 Å². The molecule has 2 saturated heterocycles. The number of rotatable bonds is 9. The number of fused-ring (bicyclic) bond motifs is 1. The molecule has 0 unspecified atom stereocenters. The SMILES string of the molecule is C[C@@H]1[C@H](CSc2nc3ccccc3s2)O[C@H](c2ccc(CNC(=O)[C@@H]3CCCN3C(=O)C(F)(F)F)cc2)O[C@@H]1c1ccc(CO)cc1. The molecule has 2 aliphatic heterocycles. The molecule has 2 fully saturated rings. The minimum absolute atomic E-state index is 0.00182. The first-order chi connectivity index (χ1) is 22.6. The van der Waals surface area contributed by atoms with Gasteiger partial charge in [-0.3, -0.25) is 9.59 Å². The summed E-state index contributed by atoms with van der Waals surface area (Å²) in [5.74, 6) is -1.94. The Balaban J connectivity index is 1.14. The third-order valence-electron chi connectivity index (χ3n) is 8.55. The molecular formula is C34H34F3N3O5S2. The van der Waals surface area contributed by atoms with Crippen molar-refractivity contribution in [1.29, 1.82) is 0 Å². The molecule has 0 spiro atoms. The molecule has 0 saturated carbocycles. The van der Waals surface area contributed by atoms with Crippen LogP contribution in [0.1, 0.15) is 54.4 Å². The normalized spacial score (nSPS) is 23.3. The molecule has 3 aromatic carbocycles. The van der Waals surface area contributed by atoms with Crippen molar-refractivity contribution in [3.63, 3.8) is 0 Å². The maximum absolute atomic E-state index is 13.0. The Morgan fingerprint density at radius 1 is 1.02 bits per heavy atom. The number of nitrogens with one attached hydrogen (secondary N) is 1. The largest absolute Gasteiger partial charge is 0.471 e. The predicted molar refractivity (Wildman–Crippen MR) is 172 cm³/mol. The zero-order chi connectivity index (χ0) is 33.1. The van der Waals surface area contributed by atoms with Gasteiger partial charge in [-0.05, 0) is 41.7 Å². The van der Waals surface area contributed by atoms with Gasteiger partial charge in [-0.25, -0.2) is 4.98 Å². The Morgan fingerprint density at radius 3 is 2.43 bits per heavy atom. The number of ether oxygens (including phenoxy) is 2. The third-order valence-corrected chi connectivity index (χ3v) is 10.8. The number of carbonyl (C=O) groups excluding carboxylic acids is 2. The molecule has 0 radical (unpaired) electrons. The summed E-state index contributed by atoms with van der Waals surface area (Å²) in [4.78, 5) is 29.9. The minimum Gasteiger partial charge on any atom is -0.392 e. The summed E-state index contributed by atoms with van der Waals surface area (Å²) >= 11 is 3.30. The summed E-state index contributed by atoms with van der Waals surface area (Å²) < 4.78 is 54.1. The van der Waals surface area contributed by atoms with Crippen molar-refractivity contribution in [3.8, 4) is 0 Å². The number of carbonyl (C=O) groups is 2. The van der Waals surface area contributed by atoms with E-state index in [1.165, 1.54) is 0 Å². The lowest BCUT2D eigenvalue weighted by molar-refractivity contribution is -0.268. The summed E-state index contributed by atoms with van der Waals surface area (Å²) in [6.45, 7) is 2.04.